The van der Waals surface area contributed by atoms with Gasteiger partial charge in [0, 0.05) is 28.8 Å². The molecule has 1 amide bonds. The molecule has 0 unspecified atom stereocenters. The number of benzene rings is 1. The molecule has 0 atom stereocenters. The summed E-state index contributed by atoms with van der Waals surface area (Å²) >= 11 is 3.30. The molecule has 0 radical (unpaired) electrons. The molecule has 0 aliphatic carbocycles. The van der Waals surface area contributed by atoms with Crippen LogP contribution in [0.4, 0.5) is 5.69 Å². The predicted octanol–water partition coefficient (Wildman–Crippen LogP) is 2.06. The van der Waals surface area contributed by atoms with Gasteiger partial charge < -0.3 is 15.4 Å². The highest BCUT2D eigenvalue weighted by Crippen LogP contribution is 2.23. The zero-order valence-electron chi connectivity index (χ0n) is 11.3. The van der Waals surface area contributed by atoms with Gasteiger partial charge in [-0.15, -0.1) is 0 Å². The number of ether oxygens (including phenoxy) is 1. The van der Waals surface area contributed by atoms with Crippen molar-refractivity contribution in [1.82, 2.24) is 4.90 Å². The second-order valence-corrected chi connectivity index (χ2v) is 5.68. The number of nitrogen functional groups attached to an aromatic ring is 1. The SMILES string of the molecule is COC(=O)C1CCN(C(=O)c2ccc(Br)c(N)c2)CC1. The molecule has 5 nitrogen and oxygen atoms in total. The minimum atomic E-state index is -0.190. The smallest absolute Gasteiger partial charge is 0.308 e. The zero-order chi connectivity index (χ0) is 14.7. The molecule has 6 heteroatoms. The Labute approximate surface area is 126 Å². The number of carbonyl (C=O) groups is 2. The molecular weight excluding hydrogens is 324 g/mol. The highest BCUT2D eigenvalue weighted by Gasteiger charge is 2.28. The number of halogens is 1. The molecule has 20 heavy (non-hydrogen) atoms. The van der Waals surface area contributed by atoms with Gasteiger partial charge >= 0.3 is 5.97 Å². The van der Waals surface area contributed by atoms with Crippen LogP contribution >= 0.6 is 15.9 Å². The maximum Gasteiger partial charge on any atom is 0.308 e. The van der Waals surface area contributed by atoms with E-state index >= 15 is 0 Å². The van der Waals surface area contributed by atoms with Gasteiger partial charge in [0.05, 0.1) is 13.0 Å². The third kappa shape index (κ3) is 3.12. The molecule has 0 bridgehead atoms. The van der Waals surface area contributed by atoms with Crippen LogP contribution in [0.5, 0.6) is 0 Å². The van der Waals surface area contributed by atoms with E-state index in [-0.39, 0.29) is 17.8 Å². The van der Waals surface area contributed by atoms with E-state index in [2.05, 4.69) is 15.9 Å². The van der Waals surface area contributed by atoms with Crippen LogP contribution in [-0.2, 0) is 9.53 Å². The quantitative estimate of drug-likeness (QED) is 0.660. The lowest BCUT2D eigenvalue weighted by Crippen LogP contribution is -2.40. The van der Waals surface area contributed by atoms with Crippen molar-refractivity contribution in [2.45, 2.75) is 12.8 Å². The van der Waals surface area contributed by atoms with Gasteiger partial charge in [-0.2, -0.15) is 0 Å². The van der Waals surface area contributed by atoms with Crippen molar-refractivity contribution >= 4 is 33.5 Å². The fourth-order valence-corrected chi connectivity index (χ4v) is 2.59. The first-order valence-electron chi connectivity index (χ1n) is 6.45. The second kappa shape index (κ2) is 6.26. The van der Waals surface area contributed by atoms with Gasteiger partial charge in [0.1, 0.15) is 0 Å². The molecule has 1 saturated heterocycles. The van der Waals surface area contributed by atoms with Crippen molar-refractivity contribution in [1.29, 1.82) is 0 Å². The second-order valence-electron chi connectivity index (χ2n) is 4.83. The third-order valence-corrected chi connectivity index (χ3v) is 4.28. The van der Waals surface area contributed by atoms with Gasteiger partial charge in [-0.05, 0) is 47.0 Å². The number of carbonyl (C=O) groups excluding carboxylic acids is 2. The average Bonchev–Trinajstić information content (AvgIpc) is 2.48. The Morgan fingerprint density at radius 1 is 1.35 bits per heavy atom. The summed E-state index contributed by atoms with van der Waals surface area (Å²) in [5, 5.41) is 0. The number of methoxy groups -OCH3 is 1. The Kier molecular flexibility index (Phi) is 4.65. The summed E-state index contributed by atoms with van der Waals surface area (Å²) in [5.74, 6) is -0.337. The van der Waals surface area contributed by atoms with E-state index < -0.39 is 0 Å². The van der Waals surface area contributed by atoms with Crippen molar-refractivity contribution in [3.8, 4) is 0 Å². The largest absolute Gasteiger partial charge is 0.469 e. The average molecular weight is 341 g/mol. The van der Waals surface area contributed by atoms with E-state index in [0.717, 1.165) is 4.47 Å². The minimum absolute atomic E-state index is 0.0486. The van der Waals surface area contributed by atoms with Crippen molar-refractivity contribution < 1.29 is 14.3 Å². The van der Waals surface area contributed by atoms with E-state index in [1.54, 1.807) is 23.1 Å². The van der Waals surface area contributed by atoms with Crippen molar-refractivity contribution in [2.75, 3.05) is 25.9 Å². The predicted molar refractivity (Wildman–Crippen MR) is 79.2 cm³/mol. The van der Waals surface area contributed by atoms with E-state index in [9.17, 15) is 9.59 Å². The van der Waals surface area contributed by atoms with E-state index in [4.69, 9.17) is 10.5 Å². The Bertz CT molecular complexity index is 525. The third-order valence-electron chi connectivity index (χ3n) is 3.56. The minimum Gasteiger partial charge on any atom is -0.469 e. The number of nitrogens with two attached hydrogens (primary N) is 1. The van der Waals surface area contributed by atoms with Crippen LogP contribution in [0.25, 0.3) is 0 Å². The summed E-state index contributed by atoms with van der Waals surface area (Å²) in [6.45, 7) is 1.13. The molecule has 108 valence electrons. The van der Waals surface area contributed by atoms with Crippen LogP contribution < -0.4 is 5.73 Å². The number of hydrogen-bond acceptors (Lipinski definition) is 4. The van der Waals surface area contributed by atoms with Gasteiger partial charge in [-0.3, -0.25) is 9.59 Å². The van der Waals surface area contributed by atoms with Crippen LogP contribution in [0.1, 0.15) is 23.2 Å². The van der Waals surface area contributed by atoms with E-state index in [0.29, 0.717) is 37.2 Å². The normalized spacial score (nSPS) is 16.0. The number of amides is 1. The Hall–Kier alpha value is -1.56. The molecule has 0 spiro atoms. The first-order valence-corrected chi connectivity index (χ1v) is 7.24. The molecule has 2 N–H and O–H groups in total. The Balaban J connectivity index is 2.01. The number of piperidine rings is 1. The van der Waals surface area contributed by atoms with Gasteiger partial charge in [0.2, 0.25) is 0 Å². The lowest BCUT2D eigenvalue weighted by molar-refractivity contribution is -0.146. The number of anilines is 1. The fourth-order valence-electron chi connectivity index (χ4n) is 2.34. The molecule has 1 fully saturated rings. The van der Waals surface area contributed by atoms with Crippen LogP contribution in [0.15, 0.2) is 22.7 Å². The number of hydrogen-bond donors (Lipinski definition) is 1. The number of rotatable bonds is 2. The van der Waals surface area contributed by atoms with E-state index in [1.165, 1.54) is 7.11 Å². The van der Waals surface area contributed by atoms with Crippen LogP contribution in [0, 0.1) is 5.92 Å². The molecule has 1 heterocycles. The molecule has 2 rings (SSSR count). The molecule has 1 aromatic rings. The number of likely N-dealkylation sites (tertiary alicyclic amines) is 1. The summed E-state index contributed by atoms with van der Waals surface area (Å²) in [4.78, 5) is 25.5. The molecule has 1 aromatic carbocycles. The number of esters is 1. The van der Waals surface area contributed by atoms with Crippen molar-refractivity contribution in [2.24, 2.45) is 5.92 Å². The van der Waals surface area contributed by atoms with Crippen molar-refractivity contribution in [3.63, 3.8) is 0 Å². The maximum absolute atomic E-state index is 12.3. The molecule has 0 saturated carbocycles. The van der Waals surface area contributed by atoms with Crippen LogP contribution in [-0.4, -0.2) is 37.0 Å². The lowest BCUT2D eigenvalue weighted by Gasteiger charge is -2.30. The maximum atomic E-state index is 12.3. The highest BCUT2D eigenvalue weighted by molar-refractivity contribution is 9.10. The first kappa shape index (κ1) is 14.8. The van der Waals surface area contributed by atoms with Gasteiger partial charge in [0.25, 0.3) is 5.91 Å². The van der Waals surface area contributed by atoms with E-state index in [1.807, 2.05) is 0 Å². The highest BCUT2D eigenvalue weighted by atomic mass is 79.9. The first-order chi connectivity index (χ1) is 9.52. The summed E-state index contributed by atoms with van der Waals surface area (Å²) in [5.41, 5.74) is 6.90. The monoisotopic (exact) mass is 340 g/mol. The van der Waals surface area contributed by atoms with Crippen molar-refractivity contribution in [3.05, 3.63) is 28.2 Å². The molecule has 1 aliphatic heterocycles. The van der Waals surface area contributed by atoms with Crippen LogP contribution in [0.3, 0.4) is 0 Å². The van der Waals surface area contributed by atoms with Gasteiger partial charge in [-0.1, -0.05) is 0 Å². The zero-order valence-corrected chi connectivity index (χ0v) is 12.9. The van der Waals surface area contributed by atoms with Crippen LogP contribution in [0.2, 0.25) is 0 Å². The number of nitrogens with zero attached hydrogens (tertiary/aromatic N) is 1. The summed E-state index contributed by atoms with van der Waals surface area (Å²) < 4.78 is 5.51. The topological polar surface area (TPSA) is 72.6 Å². The summed E-state index contributed by atoms with van der Waals surface area (Å²) in [6, 6.07) is 5.18. The lowest BCUT2D eigenvalue weighted by atomic mass is 9.96. The Morgan fingerprint density at radius 2 is 2.00 bits per heavy atom. The molecular formula is C14H17BrN2O3. The van der Waals surface area contributed by atoms with Gasteiger partial charge in [0.15, 0.2) is 0 Å². The molecule has 1 aliphatic rings. The summed E-state index contributed by atoms with van der Waals surface area (Å²) in [6.07, 6.45) is 1.29. The Morgan fingerprint density at radius 3 is 2.55 bits per heavy atom. The standard InChI is InChI=1S/C14H17BrN2O3/c1-20-14(19)9-4-6-17(7-5-9)13(18)10-2-3-11(15)12(16)8-10/h2-3,8-9H,4-7,16H2,1H3. The fraction of sp³-hybridized carbons (Fsp3) is 0.429. The summed E-state index contributed by atoms with van der Waals surface area (Å²) in [7, 11) is 1.39. The van der Waals surface area contributed by atoms with Gasteiger partial charge in [-0.25, -0.2) is 0 Å². The molecule has 0 aromatic heterocycles.